The Labute approximate surface area is 161 Å². The lowest BCUT2D eigenvalue weighted by Gasteiger charge is -2.29. The smallest absolute Gasteiger partial charge is 0.168 e. The van der Waals surface area contributed by atoms with Gasteiger partial charge in [0.1, 0.15) is 5.69 Å². The minimum Gasteiger partial charge on any atom is -0.504 e. The molecule has 2 N–H and O–H groups in total. The molecule has 0 spiro atoms. The van der Waals surface area contributed by atoms with Crippen LogP contribution >= 0.6 is 0 Å². The molecule has 4 heterocycles. The topological polar surface area (TPSA) is 80.2 Å². The molecule has 3 aromatic rings. The Morgan fingerprint density at radius 3 is 2.68 bits per heavy atom. The normalized spacial score (nSPS) is 23.9. The van der Waals surface area contributed by atoms with Crippen molar-refractivity contribution in [2.24, 2.45) is 0 Å². The van der Waals surface area contributed by atoms with E-state index in [1.54, 1.807) is 31.5 Å². The summed E-state index contributed by atoms with van der Waals surface area (Å²) in [5, 5.41) is 24.1. The molecule has 2 aromatic heterocycles. The fourth-order valence-electron chi connectivity index (χ4n) is 4.33. The van der Waals surface area contributed by atoms with Crippen molar-refractivity contribution >= 4 is 16.6 Å². The van der Waals surface area contributed by atoms with E-state index in [2.05, 4.69) is 20.5 Å². The molecular formula is C21H21FN4O2. The number of phenolic OH excluding ortho intramolecular Hbond substituents is 1. The summed E-state index contributed by atoms with van der Waals surface area (Å²) in [5.74, 6) is -0.388. The highest BCUT2D eigenvalue weighted by atomic mass is 19.1. The van der Waals surface area contributed by atoms with Crippen molar-refractivity contribution in [1.29, 1.82) is 0 Å². The van der Waals surface area contributed by atoms with Crippen LogP contribution in [0.4, 0.5) is 10.2 Å². The summed E-state index contributed by atoms with van der Waals surface area (Å²) in [5.41, 5.74) is 1.14. The van der Waals surface area contributed by atoms with Gasteiger partial charge >= 0.3 is 0 Å². The molecule has 2 aliphatic heterocycles. The first-order valence-electron chi connectivity index (χ1n) is 9.61. The van der Waals surface area contributed by atoms with Crippen molar-refractivity contribution in [3.63, 3.8) is 0 Å². The molecule has 144 valence electrons. The number of pyridine rings is 1. The van der Waals surface area contributed by atoms with Crippen molar-refractivity contribution in [3.8, 4) is 17.0 Å². The minimum atomic E-state index is -0.638. The Kier molecular flexibility index (Phi) is 4.12. The van der Waals surface area contributed by atoms with Crippen LogP contribution in [0.5, 0.6) is 5.75 Å². The summed E-state index contributed by atoms with van der Waals surface area (Å²) in [7, 11) is 0. The number of aromatic hydroxyl groups is 1. The predicted octanol–water partition coefficient (Wildman–Crippen LogP) is 3.97. The number of aromatic nitrogens is 3. The van der Waals surface area contributed by atoms with Gasteiger partial charge < -0.3 is 15.2 Å². The van der Waals surface area contributed by atoms with Gasteiger partial charge in [-0.1, -0.05) is 6.07 Å². The summed E-state index contributed by atoms with van der Waals surface area (Å²) < 4.78 is 20.1. The lowest BCUT2D eigenvalue weighted by Crippen LogP contribution is -2.34. The van der Waals surface area contributed by atoms with Crippen molar-refractivity contribution in [2.75, 3.05) is 5.32 Å². The summed E-state index contributed by atoms with van der Waals surface area (Å²) in [4.78, 5) is 4.23. The van der Waals surface area contributed by atoms with Gasteiger partial charge in [0, 0.05) is 34.8 Å². The van der Waals surface area contributed by atoms with E-state index in [4.69, 9.17) is 4.74 Å². The molecule has 2 saturated heterocycles. The van der Waals surface area contributed by atoms with Gasteiger partial charge in [0.25, 0.3) is 0 Å². The second-order valence-electron chi connectivity index (χ2n) is 7.68. The first kappa shape index (κ1) is 17.3. The van der Waals surface area contributed by atoms with Crippen LogP contribution in [0, 0.1) is 12.7 Å². The van der Waals surface area contributed by atoms with Gasteiger partial charge in [0.2, 0.25) is 0 Å². The number of benzene rings is 1. The fourth-order valence-corrected chi connectivity index (χ4v) is 4.33. The van der Waals surface area contributed by atoms with Gasteiger partial charge in [-0.25, -0.2) is 4.39 Å². The van der Waals surface area contributed by atoms with Crippen molar-refractivity contribution in [3.05, 3.63) is 42.0 Å². The number of fused-ring (bicyclic) bond motifs is 3. The van der Waals surface area contributed by atoms with Crippen LogP contribution in [0.3, 0.4) is 0 Å². The molecule has 2 atom stereocenters. The quantitative estimate of drug-likeness (QED) is 0.716. The third-order valence-electron chi connectivity index (χ3n) is 5.78. The number of anilines is 1. The molecule has 0 aliphatic carbocycles. The molecule has 6 nitrogen and oxygen atoms in total. The Balaban J connectivity index is 1.55. The fraction of sp³-hybridized carbons (Fsp3) is 0.381. The molecule has 28 heavy (non-hydrogen) atoms. The summed E-state index contributed by atoms with van der Waals surface area (Å²) in [6.07, 6.45) is 8.17. The van der Waals surface area contributed by atoms with Crippen LogP contribution in [0.15, 0.2) is 30.6 Å². The van der Waals surface area contributed by atoms with Gasteiger partial charge in [-0.2, -0.15) is 0 Å². The Morgan fingerprint density at radius 2 is 1.89 bits per heavy atom. The van der Waals surface area contributed by atoms with Crippen LogP contribution in [0.25, 0.3) is 22.0 Å². The number of hydrogen-bond donors (Lipinski definition) is 2. The van der Waals surface area contributed by atoms with Gasteiger partial charge in [-0.15, -0.1) is 10.2 Å². The number of rotatable bonds is 3. The Bertz CT molecular complexity index is 1050. The molecule has 5 rings (SSSR count). The number of nitrogens with zero attached hydrogens (tertiary/aromatic N) is 3. The summed E-state index contributed by atoms with van der Waals surface area (Å²) >= 11 is 0. The van der Waals surface area contributed by atoms with Gasteiger partial charge in [0.05, 0.1) is 12.2 Å². The number of aryl methyl sites for hydroxylation is 1. The molecular weight excluding hydrogens is 359 g/mol. The van der Waals surface area contributed by atoms with Crippen molar-refractivity contribution in [1.82, 2.24) is 15.2 Å². The number of ether oxygens (including phenoxy) is 1. The highest BCUT2D eigenvalue weighted by Crippen LogP contribution is 2.38. The predicted molar refractivity (Wildman–Crippen MR) is 104 cm³/mol. The largest absolute Gasteiger partial charge is 0.504 e. The Morgan fingerprint density at radius 1 is 1.11 bits per heavy atom. The number of phenols is 1. The highest BCUT2D eigenvalue weighted by molar-refractivity contribution is 6.00. The molecule has 2 bridgehead atoms. The van der Waals surface area contributed by atoms with E-state index in [1.165, 1.54) is 0 Å². The van der Waals surface area contributed by atoms with Crippen LogP contribution < -0.4 is 5.32 Å². The molecule has 2 fully saturated rings. The monoisotopic (exact) mass is 380 g/mol. The van der Waals surface area contributed by atoms with Gasteiger partial charge in [-0.3, -0.25) is 4.98 Å². The van der Waals surface area contributed by atoms with E-state index >= 15 is 0 Å². The van der Waals surface area contributed by atoms with E-state index in [1.807, 2.05) is 6.07 Å². The van der Waals surface area contributed by atoms with E-state index in [9.17, 15) is 9.50 Å². The maximum absolute atomic E-state index is 14.2. The molecule has 0 radical (unpaired) electrons. The van der Waals surface area contributed by atoms with Gasteiger partial charge in [0.15, 0.2) is 17.4 Å². The molecule has 7 heteroatoms. The average molecular weight is 380 g/mol. The molecule has 2 aliphatic rings. The lowest BCUT2D eigenvalue weighted by atomic mass is 10.0. The lowest BCUT2D eigenvalue weighted by molar-refractivity contribution is 0.000663. The Hall–Kier alpha value is -2.80. The third-order valence-corrected chi connectivity index (χ3v) is 5.78. The maximum Gasteiger partial charge on any atom is 0.168 e. The number of nitrogens with one attached hydrogen (secondary N) is 1. The standard InChI is InChI=1S/C21H21FN4O2/c1-11-2-5-16(20(27)18(11)22)19-15-6-7-23-10-17(15)21(26-25-19)24-12-8-13-3-4-14(9-12)28-13/h2,5-7,10,12-14,27H,3-4,8-9H2,1H3,(H,24,26). The molecule has 1 aromatic carbocycles. The zero-order chi connectivity index (χ0) is 19.3. The summed E-state index contributed by atoms with van der Waals surface area (Å²) in [6, 6.07) is 5.39. The molecule has 2 unspecified atom stereocenters. The van der Waals surface area contributed by atoms with Crippen LogP contribution in [0.1, 0.15) is 31.2 Å². The first-order chi connectivity index (χ1) is 13.6. The van der Waals surface area contributed by atoms with Crippen LogP contribution in [-0.4, -0.2) is 38.5 Å². The van der Waals surface area contributed by atoms with E-state index < -0.39 is 11.6 Å². The minimum absolute atomic E-state index is 0.278. The van der Waals surface area contributed by atoms with Crippen LogP contribution in [-0.2, 0) is 4.74 Å². The zero-order valence-corrected chi connectivity index (χ0v) is 15.5. The van der Waals surface area contributed by atoms with E-state index in [-0.39, 0.29) is 6.04 Å². The van der Waals surface area contributed by atoms with Crippen LogP contribution in [0.2, 0.25) is 0 Å². The van der Waals surface area contributed by atoms with Gasteiger partial charge in [-0.05, 0) is 50.3 Å². The molecule has 0 amide bonds. The van der Waals surface area contributed by atoms with Crippen molar-refractivity contribution in [2.45, 2.75) is 50.9 Å². The average Bonchev–Trinajstić information content (AvgIpc) is 3.05. The number of halogens is 1. The van der Waals surface area contributed by atoms with Crippen molar-refractivity contribution < 1.29 is 14.2 Å². The maximum atomic E-state index is 14.2. The van der Waals surface area contributed by atoms with E-state index in [0.717, 1.165) is 36.5 Å². The first-order valence-corrected chi connectivity index (χ1v) is 9.61. The zero-order valence-electron chi connectivity index (χ0n) is 15.5. The second kappa shape index (κ2) is 6.67. The molecule has 0 saturated carbocycles. The summed E-state index contributed by atoms with van der Waals surface area (Å²) in [6.45, 7) is 1.61. The highest BCUT2D eigenvalue weighted by Gasteiger charge is 2.35. The third kappa shape index (κ3) is 2.86. The van der Waals surface area contributed by atoms with E-state index in [0.29, 0.717) is 34.8 Å². The number of hydrogen-bond acceptors (Lipinski definition) is 6. The SMILES string of the molecule is Cc1ccc(-c2nnc(NC3CC4CCC(C3)O4)c3cnccc23)c(O)c1F. The second-order valence-corrected chi connectivity index (χ2v) is 7.68.